The minimum atomic E-state index is -0.567. The number of nitrogens with zero attached hydrogens (tertiary/aromatic N) is 4. The first-order valence-electron chi connectivity index (χ1n) is 9.83. The van der Waals surface area contributed by atoms with E-state index in [0.717, 1.165) is 42.0 Å². The van der Waals surface area contributed by atoms with Crippen LogP contribution in [0.15, 0.2) is 61.1 Å². The number of benzene rings is 1. The van der Waals surface area contributed by atoms with Crippen LogP contribution in [0, 0.1) is 5.82 Å². The predicted octanol–water partition coefficient (Wildman–Crippen LogP) is 3.59. The van der Waals surface area contributed by atoms with Crippen molar-refractivity contribution in [2.45, 2.75) is 13.0 Å². The van der Waals surface area contributed by atoms with Gasteiger partial charge in [-0.1, -0.05) is 0 Å². The molecule has 6 nitrogen and oxygen atoms in total. The molecule has 1 saturated heterocycles. The molecule has 5 rings (SSSR count). The average Bonchev–Trinajstić information content (AvgIpc) is 3.01. The zero-order chi connectivity index (χ0) is 20.7. The number of nitrogens with two attached hydrogens (primary N) is 1. The van der Waals surface area contributed by atoms with Crippen molar-refractivity contribution in [3.05, 3.63) is 78.1 Å². The minimum Gasteiger partial charge on any atom is -0.364 e. The highest BCUT2D eigenvalue weighted by Gasteiger charge is 2.24. The highest BCUT2D eigenvalue weighted by molar-refractivity contribution is 6.10. The molecule has 1 aliphatic heterocycles. The summed E-state index contributed by atoms with van der Waals surface area (Å²) >= 11 is 0. The molecule has 0 unspecified atom stereocenters. The van der Waals surface area contributed by atoms with Crippen molar-refractivity contribution in [1.29, 1.82) is 0 Å². The van der Waals surface area contributed by atoms with Crippen LogP contribution < -0.4 is 10.6 Å². The average molecular weight is 401 g/mol. The van der Waals surface area contributed by atoms with Crippen molar-refractivity contribution in [3.63, 3.8) is 0 Å². The zero-order valence-corrected chi connectivity index (χ0v) is 16.3. The smallest absolute Gasteiger partial charge is 0.266 e. The monoisotopic (exact) mass is 401 g/mol. The van der Waals surface area contributed by atoms with Crippen molar-refractivity contribution < 1.29 is 9.18 Å². The molecule has 0 radical (unpaired) electrons. The molecule has 1 aliphatic rings. The standard InChI is InChI=1S/C23H20FN5O/c24-17-3-4-19-18(12-17)21(16-2-5-20(27-13-16)28-10-1-11-28)22(23(25)30)29(19)14-15-6-8-26-9-7-15/h2-9,12-13H,1,10-11,14H2,(H2,25,30). The summed E-state index contributed by atoms with van der Waals surface area (Å²) in [5.74, 6) is -0.0363. The van der Waals surface area contributed by atoms with E-state index < -0.39 is 5.91 Å². The number of hydrogen-bond donors (Lipinski definition) is 1. The second kappa shape index (κ2) is 7.26. The summed E-state index contributed by atoms with van der Waals surface area (Å²) in [6.07, 6.45) is 6.29. The van der Waals surface area contributed by atoms with Gasteiger partial charge < -0.3 is 15.2 Å². The molecular weight excluding hydrogens is 381 g/mol. The lowest BCUT2D eigenvalue weighted by Crippen LogP contribution is -2.37. The van der Waals surface area contributed by atoms with Crippen molar-refractivity contribution in [1.82, 2.24) is 14.5 Å². The van der Waals surface area contributed by atoms with E-state index in [4.69, 9.17) is 5.73 Å². The Kier molecular flexibility index (Phi) is 4.43. The van der Waals surface area contributed by atoms with Crippen LogP contribution in [-0.2, 0) is 6.54 Å². The van der Waals surface area contributed by atoms with E-state index in [1.54, 1.807) is 24.7 Å². The summed E-state index contributed by atoms with van der Waals surface area (Å²) in [4.78, 5) is 23.3. The summed E-state index contributed by atoms with van der Waals surface area (Å²) in [7, 11) is 0. The molecule has 1 aromatic carbocycles. The lowest BCUT2D eigenvalue weighted by atomic mass is 10.0. The third-order valence-corrected chi connectivity index (χ3v) is 5.57. The first-order valence-corrected chi connectivity index (χ1v) is 9.83. The SMILES string of the molecule is NC(=O)c1c(-c2ccc(N3CCC3)nc2)c2cc(F)ccc2n1Cc1ccncc1. The number of pyridine rings is 2. The number of aromatic nitrogens is 3. The molecule has 0 aliphatic carbocycles. The van der Waals surface area contributed by atoms with Gasteiger partial charge in [0.05, 0.1) is 0 Å². The van der Waals surface area contributed by atoms with Gasteiger partial charge in [-0.2, -0.15) is 0 Å². The van der Waals surface area contributed by atoms with Crippen LogP contribution in [0.3, 0.4) is 0 Å². The second-order valence-electron chi connectivity index (χ2n) is 7.44. The van der Waals surface area contributed by atoms with Gasteiger partial charge in [-0.15, -0.1) is 0 Å². The van der Waals surface area contributed by atoms with E-state index in [0.29, 0.717) is 23.2 Å². The van der Waals surface area contributed by atoms with E-state index in [-0.39, 0.29) is 5.82 Å². The van der Waals surface area contributed by atoms with Crippen molar-refractivity contribution in [3.8, 4) is 11.1 Å². The van der Waals surface area contributed by atoms with Gasteiger partial charge in [0, 0.05) is 60.3 Å². The Morgan fingerprint density at radius 2 is 1.90 bits per heavy atom. The van der Waals surface area contributed by atoms with Gasteiger partial charge in [0.15, 0.2) is 0 Å². The van der Waals surface area contributed by atoms with Crippen LogP contribution >= 0.6 is 0 Å². The molecule has 0 atom stereocenters. The van der Waals surface area contributed by atoms with E-state index in [1.807, 2.05) is 28.8 Å². The quantitative estimate of drug-likeness (QED) is 0.554. The first kappa shape index (κ1) is 18.3. The number of halogens is 1. The van der Waals surface area contributed by atoms with Gasteiger partial charge in [0.25, 0.3) is 5.91 Å². The van der Waals surface area contributed by atoms with Gasteiger partial charge >= 0.3 is 0 Å². The molecule has 2 N–H and O–H groups in total. The maximum atomic E-state index is 14.2. The number of primary amides is 1. The molecule has 0 saturated carbocycles. The number of carbonyl (C=O) groups is 1. The molecule has 30 heavy (non-hydrogen) atoms. The number of carbonyl (C=O) groups excluding carboxylic acids is 1. The number of rotatable bonds is 5. The van der Waals surface area contributed by atoms with Crippen molar-refractivity contribution in [2.24, 2.45) is 5.73 Å². The third kappa shape index (κ3) is 3.08. The van der Waals surface area contributed by atoms with Gasteiger partial charge in [0.1, 0.15) is 17.3 Å². The second-order valence-corrected chi connectivity index (χ2v) is 7.44. The predicted molar refractivity (Wildman–Crippen MR) is 114 cm³/mol. The topological polar surface area (TPSA) is 77.0 Å². The molecule has 0 spiro atoms. The molecule has 0 bridgehead atoms. The van der Waals surface area contributed by atoms with Crippen LogP contribution in [0.1, 0.15) is 22.5 Å². The Morgan fingerprint density at radius 1 is 1.10 bits per heavy atom. The van der Waals surface area contributed by atoms with Crippen LogP contribution in [0.2, 0.25) is 0 Å². The van der Waals surface area contributed by atoms with E-state index >= 15 is 0 Å². The van der Waals surface area contributed by atoms with Crippen molar-refractivity contribution >= 4 is 22.6 Å². The van der Waals surface area contributed by atoms with Gasteiger partial charge in [0.2, 0.25) is 0 Å². The number of amides is 1. The summed E-state index contributed by atoms with van der Waals surface area (Å²) < 4.78 is 16.0. The summed E-state index contributed by atoms with van der Waals surface area (Å²) in [5, 5.41) is 0.636. The summed E-state index contributed by atoms with van der Waals surface area (Å²) in [6, 6.07) is 12.1. The maximum Gasteiger partial charge on any atom is 0.266 e. The number of fused-ring (bicyclic) bond motifs is 1. The Labute approximate surface area is 172 Å². The summed E-state index contributed by atoms with van der Waals surface area (Å²) in [5.41, 5.74) is 9.20. The molecule has 4 aromatic rings. The van der Waals surface area contributed by atoms with Crippen LogP contribution in [0.4, 0.5) is 10.2 Å². The molecular formula is C23H20FN5O. The maximum absolute atomic E-state index is 14.2. The molecule has 4 heterocycles. The number of hydrogen-bond acceptors (Lipinski definition) is 4. The number of anilines is 1. The van der Waals surface area contributed by atoms with Gasteiger partial charge in [-0.25, -0.2) is 9.37 Å². The fraction of sp³-hybridized carbons (Fsp3) is 0.174. The Morgan fingerprint density at radius 3 is 2.53 bits per heavy atom. The highest BCUT2D eigenvalue weighted by Crippen LogP contribution is 2.36. The van der Waals surface area contributed by atoms with Gasteiger partial charge in [-0.05, 0) is 54.4 Å². The fourth-order valence-electron chi connectivity index (χ4n) is 3.98. The lowest BCUT2D eigenvalue weighted by Gasteiger charge is -2.31. The lowest BCUT2D eigenvalue weighted by molar-refractivity contribution is 0.0993. The minimum absolute atomic E-state index is 0.339. The van der Waals surface area contributed by atoms with Crippen LogP contribution in [0.25, 0.3) is 22.0 Å². The Hall–Kier alpha value is -3.74. The summed E-state index contributed by atoms with van der Waals surface area (Å²) in [6.45, 7) is 2.41. The fourth-order valence-corrected chi connectivity index (χ4v) is 3.98. The van der Waals surface area contributed by atoms with E-state index in [1.165, 1.54) is 12.1 Å². The molecule has 150 valence electrons. The normalized spacial score (nSPS) is 13.4. The van der Waals surface area contributed by atoms with Crippen molar-refractivity contribution in [2.75, 3.05) is 18.0 Å². The van der Waals surface area contributed by atoms with E-state index in [2.05, 4.69) is 14.9 Å². The van der Waals surface area contributed by atoms with Crippen LogP contribution in [0.5, 0.6) is 0 Å². The molecule has 1 amide bonds. The Balaban J connectivity index is 1.71. The third-order valence-electron chi connectivity index (χ3n) is 5.57. The zero-order valence-electron chi connectivity index (χ0n) is 16.3. The largest absolute Gasteiger partial charge is 0.364 e. The molecule has 7 heteroatoms. The molecule has 1 fully saturated rings. The Bertz CT molecular complexity index is 1230. The van der Waals surface area contributed by atoms with Gasteiger partial charge in [-0.3, -0.25) is 9.78 Å². The van der Waals surface area contributed by atoms with E-state index in [9.17, 15) is 9.18 Å². The highest BCUT2D eigenvalue weighted by atomic mass is 19.1. The van der Waals surface area contributed by atoms with Crippen LogP contribution in [-0.4, -0.2) is 33.5 Å². The first-order chi connectivity index (χ1) is 14.6. The molecule has 3 aromatic heterocycles.